The van der Waals surface area contributed by atoms with Gasteiger partial charge >= 0.3 is 0 Å². The number of nitrogens with one attached hydrogen (secondary N) is 1. The molecule has 0 unspecified atom stereocenters. The summed E-state index contributed by atoms with van der Waals surface area (Å²) >= 11 is 5.58. The molecule has 0 saturated carbocycles. The smallest absolute Gasteiger partial charge is 0.122 e. The fourth-order valence-electron chi connectivity index (χ4n) is 0.973. The van der Waals surface area contributed by atoms with Crippen molar-refractivity contribution in [3.8, 4) is 0 Å². The molecule has 2 aromatic heterocycles. The van der Waals surface area contributed by atoms with Gasteiger partial charge in [-0.2, -0.15) is 0 Å². The molecule has 0 fully saturated rings. The topological polar surface area (TPSA) is 41.6 Å². The Kier molecular flexibility index (Phi) is 2.89. The molecule has 2 heterocycles. The molecule has 3 nitrogen and oxygen atoms in total. The summed E-state index contributed by atoms with van der Waals surface area (Å²) in [5.74, 6) is 1.20. The quantitative estimate of drug-likeness (QED) is 0.722. The number of alkyl halides is 1. The van der Waals surface area contributed by atoms with E-state index in [2.05, 4.69) is 15.0 Å². The summed E-state index contributed by atoms with van der Waals surface area (Å²) in [6.07, 6.45) is 3.44. The highest BCUT2D eigenvalue weighted by molar-refractivity contribution is 6.16. The van der Waals surface area contributed by atoms with Crippen LogP contribution in [0.15, 0.2) is 18.5 Å². The molecule has 0 aliphatic carbocycles. The van der Waals surface area contributed by atoms with E-state index in [1.165, 1.54) is 0 Å². The molecule has 5 heteroatoms. The van der Waals surface area contributed by atoms with Crippen molar-refractivity contribution >= 4 is 35.0 Å². The van der Waals surface area contributed by atoms with Gasteiger partial charge in [0, 0.05) is 6.20 Å². The number of hydrogen-bond acceptors (Lipinski definition) is 2. The van der Waals surface area contributed by atoms with Crippen LogP contribution in [-0.2, 0) is 5.88 Å². The van der Waals surface area contributed by atoms with Gasteiger partial charge in [-0.05, 0) is 6.07 Å². The van der Waals surface area contributed by atoms with Gasteiger partial charge in [-0.15, -0.1) is 24.0 Å². The standard InChI is InChI=1S/C7H6ClN3.ClH/c8-3-7-10-5-1-2-9-4-6(5)11-7;/h1-2,4H,3H2,(H,10,11);1H. The predicted octanol–water partition coefficient (Wildman–Crippen LogP) is 2.12. The van der Waals surface area contributed by atoms with Crippen molar-refractivity contribution in [2.75, 3.05) is 0 Å². The van der Waals surface area contributed by atoms with Crippen LogP contribution < -0.4 is 0 Å². The first kappa shape index (κ1) is 9.29. The highest BCUT2D eigenvalue weighted by Crippen LogP contribution is 2.09. The number of aromatic amines is 1. The molecule has 0 amide bonds. The van der Waals surface area contributed by atoms with Gasteiger partial charge in [0.05, 0.1) is 23.1 Å². The van der Waals surface area contributed by atoms with Crippen molar-refractivity contribution in [1.29, 1.82) is 0 Å². The van der Waals surface area contributed by atoms with Crippen molar-refractivity contribution in [3.63, 3.8) is 0 Å². The fraction of sp³-hybridized carbons (Fsp3) is 0.143. The van der Waals surface area contributed by atoms with E-state index < -0.39 is 0 Å². The van der Waals surface area contributed by atoms with E-state index in [4.69, 9.17) is 11.6 Å². The summed E-state index contributed by atoms with van der Waals surface area (Å²) in [4.78, 5) is 11.2. The minimum atomic E-state index is 0. The average molecular weight is 204 g/mol. The van der Waals surface area contributed by atoms with Crippen LogP contribution in [0.2, 0.25) is 0 Å². The lowest BCUT2D eigenvalue weighted by molar-refractivity contribution is 1.13. The second-order valence-corrected chi connectivity index (χ2v) is 2.48. The van der Waals surface area contributed by atoms with Gasteiger partial charge in [0.25, 0.3) is 0 Å². The van der Waals surface area contributed by atoms with E-state index in [9.17, 15) is 0 Å². The lowest BCUT2D eigenvalue weighted by Crippen LogP contribution is -1.77. The molecule has 0 aliphatic rings. The molecule has 0 spiro atoms. The van der Waals surface area contributed by atoms with E-state index in [0.29, 0.717) is 5.88 Å². The van der Waals surface area contributed by atoms with E-state index in [1.807, 2.05) is 6.07 Å². The molecule has 12 heavy (non-hydrogen) atoms. The first-order valence-corrected chi connectivity index (χ1v) is 3.78. The molecule has 2 rings (SSSR count). The number of halogens is 2. The molecule has 0 bridgehead atoms. The van der Waals surface area contributed by atoms with Crippen LogP contribution >= 0.6 is 24.0 Å². The molecule has 0 radical (unpaired) electrons. The second-order valence-electron chi connectivity index (χ2n) is 2.21. The summed E-state index contributed by atoms with van der Waals surface area (Å²) in [7, 11) is 0. The molecule has 0 saturated heterocycles. The number of fused-ring (bicyclic) bond motifs is 1. The Morgan fingerprint density at radius 3 is 3.00 bits per heavy atom. The van der Waals surface area contributed by atoms with Gasteiger partial charge in [-0.25, -0.2) is 4.98 Å². The number of imidazole rings is 1. The summed E-state index contributed by atoms with van der Waals surface area (Å²) < 4.78 is 0. The number of H-pyrrole nitrogens is 1. The first-order valence-electron chi connectivity index (χ1n) is 3.25. The van der Waals surface area contributed by atoms with E-state index in [-0.39, 0.29) is 12.4 Å². The maximum Gasteiger partial charge on any atom is 0.122 e. The van der Waals surface area contributed by atoms with Gasteiger partial charge in [0.15, 0.2) is 0 Å². The fourth-order valence-corrected chi connectivity index (χ4v) is 1.10. The Labute approximate surface area is 80.6 Å². The Balaban J connectivity index is 0.000000720. The first-order chi connectivity index (χ1) is 5.40. The third kappa shape index (κ3) is 1.52. The third-order valence-electron chi connectivity index (χ3n) is 1.46. The summed E-state index contributed by atoms with van der Waals surface area (Å²) in [6.45, 7) is 0. The molecule has 2 aromatic rings. The van der Waals surface area contributed by atoms with E-state index in [0.717, 1.165) is 16.9 Å². The maximum absolute atomic E-state index is 5.58. The minimum Gasteiger partial charge on any atom is -0.340 e. The molecular formula is C7H7Cl2N3. The van der Waals surface area contributed by atoms with Gasteiger partial charge in [-0.1, -0.05) is 0 Å². The normalized spacial score (nSPS) is 9.75. The van der Waals surface area contributed by atoms with Crippen LogP contribution in [0.4, 0.5) is 0 Å². The lowest BCUT2D eigenvalue weighted by Gasteiger charge is -1.81. The molecule has 0 atom stereocenters. The Morgan fingerprint density at radius 1 is 1.50 bits per heavy atom. The van der Waals surface area contributed by atoms with Crippen molar-refractivity contribution in [2.45, 2.75) is 5.88 Å². The molecule has 0 aromatic carbocycles. The molecule has 1 N–H and O–H groups in total. The van der Waals surface area contributed by atoms with Crippen LogP contribution in [0.5, 0.6) is 0 Å². The van der Waals surface area contributed by atoms with Gasteiger partial charge in [-0.3, -0.25) is 4.98 Å². The molecule has 0 aliphatic heterocycles. The number of nitrogens with zero attached hydrogens (tertiary/aromatic N) is 2. The van der Waals surface area contributed by atoms with Crippen LogP contribution in [0.1, 0.15) is 5.82 Å². The van der Waals surface area contributed by atoms with Crippen molar-refractivity contribution in [3.05, 3.63) is 24.3 Å². The molecule has 64 valence electrons. The third-order valence-corrected chi connectivity index (χ3v) is 1.71. The van der Waals surface area contributed by atoms with Crippen LogP contribution in [-0.4, -0.2) is 15.0 Å². The van der Waals surface area contributed by atoms with E-state index in [1.54, 1.807) is 12.4 Å². The summed E-state index contributed by atoms with van der Waals surface area (Å²) in [6, 6.07) is 1.85. The zero-order valence-corrected chi connectivity index (χ0v) is 7.69. The highest BCUT2D eigenvalue weighted by atomic mass is 35.5. The van der Waals surface area contributed by atoms with Gasteiger partial charge < -0.3 is 4.98 Å². The van der Waals surface area contributed by atoms with E-state index >= 15 is 0 Å². The van der Waals surface area contributed by atoms with Gasteiger partial charge in [0.2, 0.25) is 0 Å². The molecular weight excluding hydrogens is 197 g/mol. The van der Waals surface area contributed by atoms with Crippen LogP contribution in [0.25, 0.3) is 11.0 Å². The number of pyridine rings is 1. The Hall–Kier alpha value is -0.800. The predicted molar refractivity (Wildman–Crippen MR) is 50.7 cm³/mol. The SMILES string of the molecule is Cl.ClCc1nc2ccncc2[nH]1. The summed E-state index contributed by atoms with van der Waals surface area (Å²) in [5.41, 5.74) is 1.85. The number of aromatic nitrogens is 3. The minimum absolute atomic E-state index is 0. The Bertz CT molecular complexity index is 338. The van der Waals surface area contributed by atoms with Crippen molar-refractivity contribution < 1.29 is 0 Å². The zero-order chi connectivity index (χ0) is 7.68. The highest BCUT2D eigenvalue weighted by Gasteiger charge is 1.98. The van der Waals surface area contributed by atoms with Crippen LogP contribution in [0, 0.1) is 0 Å². The Morgan fingerprint density at radius 2 is 2.33 bits per heavy atom. The van der Waals surface area contributed by atoms with Crippen molar-refractivity contribution in [2.24, 2.45) is 0 Å². The summed E-state index contributed by atoms with van der Waals surface area (Å²) in [5, 5.41) is 0. The maximum atomic E-state index is 5.58. The van der Waals surface area contributed by atoms with Crippen molar-refractivity contribution in [1.82, 2.24) is 15.0 Å². The monoisotopic (exact) mass is 203 g/mol. The lowest BCUT2D eigenvalue weighted by atomic mass is 10.4. The van der Waals surface area contributed by atoms with Gasteiger partial charge in [0.1, 0.15) is 5.82 Å². The zero-order valence-electron chi connectivity index (χ0n) is 6.12. The second kappa shape index (κ2) is 3.74. The number of hydrogen-bond donors (Lipinski definition) is 1. The average Bonchev–Trinajstić information content (AvgIpc) is 2.46. The largest absolute Gasteiger partial charge is 0.340 e. The van der Waals surface area contributed by atoms with Crippen LogP contribution in [0.3, 0.4) is 0 Å². The number of rotatable bonds is 1.